The molecular weight excluding hydrogens is 512 g/mol. The van der Waals surface area contributed by atoms with Crippen molar-refractivity contribution in [3.8, 4) is 5.75 Å². The minimum atomic E-state index is -1.45. The maximum Gasteiger partial charge on any atom is 0.349 e. The molecule has 1 aromatic heterocycles. The second kappa shape index (κ2) is 11.9. The van der Waals surface area contributed by atoms with Crippen LogP contribution in [0.4, 0.5) is 8.78 Å². The summed E-state index contributed by atoms with van der Waals surface area (Å²) in [5, 5.41) is 9.28. The number of ether oxygens (including phenoxy) is 2. The minimum absolute atomic E-state index is 0.0642. The molecule has 0 saturated carbocycles. The molecule has 0 fully saturated rings. The highest BCUT2D eigenvalue weighted by Crippen LogP contribution is 2.29. The molecule has 0 aliphatic rings. The Kier molecular flexibility index (Phi) is 9.11. The molecule has 1 amide bonds. The van der Waals surface area contributed by atoms with E-state index in [0.29, 0.717) is 6.42 Å². The van der Waals surface area contributed by atoms with Crippen molar-refractivity contribution in [1.82, 2.24) is 4.90 Å². The standard InChI is InChI=1S/C29H33F2NO7/c1-28(2,3)38-14-12-29(4,5)32(13-11-22(33)37-17-18-9-7-6-8-10-18)26(35)20-15-19-16-21(30)24(34)23(31)25(19)39-27(20)36/h6-10,15-16,34H,11-14,17H2,1-5H3. The molecule has 8 nitrogen and oxygen atoms in total. The van der Waals surface area contributed by atoms with Crippen LogP contribution in [0.25, 0.3) is 11.0 Å². The fourth-order valence-electron chi connectivity index (χ4n) is 3.91. The number of carbonyl (C=O) groups excluding carboxylic acids is 2. The first-order chi connectivity index (χ1) is 18.2. The smallest absolute Gasteiger partial charge is 0.349 e. The number of aromatic hydroxyl groups is 1. The van der Waals surface area contributed by atoms with Crippen LogP contribution in [0.5, 0.6) is 5.75 Å². The molecule has 0 bridgehead atoms. The zero-order valence-corrected chi connectivity index (χ0v) is 22.7. The van der Waals surface area contributed by atoms with Gasteiger partial charge in [-0.05, 0) is 58.7 Å². The first-order valence-corrected chi connectivity index (χ1v) is 12.5. The highest BCUT2D eigenvalue weighted by molar-refractivity contribution is 5.97. The number of nitrogens with zero attached hydrogens (tertiary/aromatic N) is 1. The number of hydrogen-bond acceptors (Lipinski definition) is 7. The fourth-order valence-corrected chi connectivity index (χ4v) is 3.91. The van der Waals surface area contributed by atoms with E-state index >= 15 is 0 Å². The summed E-state index contributed by atoms with van der Waals surface area (Å²) in [7, 11) is 0. The number of fused-ring (bicyclic) bond motifs is 1. The number of rotatable bonds is 10. The van der Waals surface area contributed by atoms with Gasteiger partial charge in [0.2, 0.25) is 5.82 Å². The van der Waals surface area contributed by atoms with Gasteiger partial charge in [0.25, 0.3) is 5.91 Å². The summed E-state index contributed by atoms with van der Waals surface area (Å²) in [6, 6.07) is 10.9. The van der Waals surface area contributed by atoms with E-state index in [9.17, 15) is 28.3 Å². The van der Waals surface area contributed by atoms with Crippen molar-refractivity contribution < 1.29 is 37.4 Å². The van der Waals surface area contributed by atoms with Gasteiger partial charge in [-0.15, -0.1) is 0 Å². The van der Waals surface area contributed by atoms with Gasteiger partial charge < -0.3 is 23.9 Å². The van der Waals surface area contributed by atoms with Crippen molar-refractivity contribution >= 4 is 22.8 Å². The van der Waals surface area contributed by atoms with Gasteiger partial charge in [-0.2, -0.15) is 4.39 Å². The molecule has 210 valence electrons. The molecule has 0 aliphatic carbocycles. The highest BCUT2D eigenvalue weighted by Gasteiger charge is 2.34. The SMILES string of the molecule is CC(C)(C)OCCC(C)(C)N(CCC(=O)OCc1ccccc1)C(=O)c1cc2cc(F)c(O)c(F)c2oc1=O. The van der Waals surface area contributed by atoms with Gasteiger partial charge in [0.15, 0.2) is 17.1 Å². The molecule has 3 aromatic rings. The summed E-state index contributed by atoms with van der Waals surface area (Å²) in [5.74, 6) is -5.36. The van der Waals surface area contributed by atoms with Gasteiger partial charge in [-0.1, -0.05) is 30.3 Å². The number of benzene rings is 2. The summed E-state index contributed by atoms with van der Waals surface area (Å²) in [4.78, 5) is 40.3. The third kappa shape index (κ3) is 7.63. The Balaban J connectivity index is 1.88. The largest absolute Gasteiger partial charge is 0.503 e. The van der Waals surface area contributed by atoms with E-state index in [1.54, 1.807) is 13.8 Å². The molecular formula is C29H33F2NO7. The summed E-state index contributed by atoms with van der Waals surface area (Å²) < 4.78 is 44.3. The fraction of sp³-hybridized carbons (Fsp3) is 0.414. The quantitative estimate of drug-likeness (QED) is 0.271. The molecule has 1 heterocycles. The number of halogens is 2. The first kappa shape index (κ1) is 29.8. The van der Waals surface area contributed by atoms with E-state index in [2.05, 4.69) is 0 Å². The average Bonchev–Trinajstić information content (AvgIpc) is 2.86. The van der Waals surface area contributed by atoms with Gasteiger partial charge in [-0.3, -0.25) is 9.59 Å². The summed E-state index contributed by atoms with van der Waals surface area (Å²) in [6.07, 6.45) is 0.184. The Labute approximate surface area is 225 Å². The zero-order chi connectivity index (χ0) is 29.0. The maximum absolute atomic E-state index is 14.3. The molecule has 0 radical (unpaired) electrons. The van der Waals surface area contributed by atoms with Crippen LogP contribution in [0, 0.1) is 11.6 Å². The third-order valence-electron chi connectivity index (χ3n) is 6.13. The Morgan fingerprint density at radius 3 is 2.36 bits per heavy atom. The topological polar surface area (TPSA) is 106 Å². The first-order valence-electron chi connectivity index (χ1n) is 12.5. The van der Waals surface area contributed by atoms with Crippen LogP contribution in [0.2, 0.25) is 0 Å². The monoisotopic (exact) mass is 545 g/mol. The van der Waals surface area contributed by atoms with Crippen LogP contribution < -0.4 is 5.63 Å². The van der Waals surface area contributed by atoms with Crippen molar-refractivity contribution in [2.24, 2.45) is 0 Å². The molecule has 0 aliphatic heterocycles. The minimum Gasteiger partial charge on any atom is -0.503 e. The maximum atomic E-state index is 14.3. The molecule has 3 rings (SSSR count). The van der Waals surface area contributed by atoms with Gasteiger partial charge in [-0.25, -0.2) is 9.18 Å². The second-order valence-electron chi connectivity index (χ2n) is 10.8. The summed E-state index contributed by atoms with van der Waals surface area (Å²) in [6.45, 7) is 9.42. The average molecular weight is 546 g/mol. The van der Waals surface area contributed by atoms with Crippen LogP contribution in [-0.4, -0.2) is 46.2 Å². The van der Waals surface area contributed by atoms with Crippen LogP contribution >= 0.6 is 0 Å². The van der Waals surface area contributed by atoms with Gasteiger partial charge in [0, 0.05) is 24.1 Å². The van der Waals surface area contributed by atoms with Crippen molar-refractivity contribution in [1.29, 1.82) is 0 Å². The summed E-state index contributed by atoms with van der Waals surface area (Å²) in [5.41, 5.74) is -2.85. The van der Waals surface area contributed by atoms with Crippen LogP contribution in [0.3, 0.4) is 0 Å². The molecule has 0 unspecified atom stereocenters. The van der Waals surface area contributed by atoms with Crippen LogP contribution in [-0.2, 0) is 20.9 Å². The molecule has 2 aromatic carbocycles. The van der Waals surface area contributed by atoms with Gasteiger partial charge >= 0.3 is 11.6 Å². The zero-order valence-electron chi connectivity index (χ0n) is 22.7. The van der Waals surface area contributed by atoms with Crippen LogP contribution in [0.15, 0.2) is 51.7 Å². The molecule has 0 saturated heterocycles. The van der Waals surface area contributed by atoms with Gasteiger partial charge in [0.05, 0.1) is 12.0 Å². The number of phenolic OH excluding ortho intramolecular Hbond substituents is 1. The molecule has 0 atom stereocenters. The molecule has 39 heavy (non-hydrogen) atoms. The lowest BCUT2D eigenvalue weighted by atomic mass is 9.96. The number of amides is 1. The second-order valence-corrected chi connectivity index (χ2v) is 10.8. The number of esters is 1. The predicted octanol–water partition coefficient (Wildman–Crippen LogP) is 5.34. The van der Waals surface area contributed by atoms with Crippen molar-refractivity contribution in [2.45, 2.75) is 65.2 Å². The Morgan fingerprint density at radius 2 is 1.72 bits per heavy atom. The van der Waals surface area contributed by atoms with Crippen molar-refractivity contribution in [3.05, 3.63) is 75.6 Å². The van der Waals surface area contributed by atoms with E-state index in [-0.39, 0.29) is 31.6 Å². The van der Waals surface area contributed by atoms with Crippen molar-refractivity contribution in [2.75, 3.05) is 13.2 Å². The Bertz CT molecular complexity index is 1390. The van der Waals surface area contributed by atoms with E-state index in [0.717, 1.165) is 17.7 Å². The van der Waals surface area contributed by atoms with E-state index in [1.807, 2.05) is 51.1 Å². The third-order valence-corrected chi connectivity index (χ3v) is 6.13. The predicted molar refractivity (Wildman–Crippen MR) is 140 cm³/mol. The Hall–Kier alpha value is -3.79. The lowest BCUT2D eigenvalue weighted by Gasteiger charge is -2.39. The molecule has 1 N–H and O–H groups in total. The lowest BCUT2D eigenvalue weighted by molar-refractivity contribution is -0.145. The molecule has 0 spiro atoms. The Morgan fingerprint density at radius 1 is 1.05 bits per heavy atom. The molecule has 10 heteroatoms. The lowest BCUT2D eigenvalue weighted by Crippen LogP contribution is -2.50. The van der Waals surface area contributed by atoms with Crippen LogP contribution in [0.1, 0.15) is 63.4 Å². The number of carbonyl (C=O) groups is 2. The van der Waals surface area contributed by atoms with E-state index < -0.39 is 57.2 Å². The highest BCUT2D eigenvalue weighted by atomic mass is 19.1. The normalized spacial score (nSPS) is 12.0. The van der Waals surface area contributed by atoms with E-state index in [4.69, 9.17) is 13.9 Å². The van der Waals surface area contributed by atoms with E-state index in [1.165, 1.54) is 4.90 Å². The van der Waals surface area contributed by atoms with Gasteiger partial charge in [0.1, 0.15) is 12.2 Å². The number of phenols is 1. The summed E-state index contributed by atoms with van der Waals surface area (Å²) >= 11 is 0. The number of hydrogen-bond donors (Lipinski definition) is 1. The van der Waals surface area contributed by atoms with Crippen molar-refractivity contribution in [3.63, 3.8) is 0 Å².